The second kappa shape index (κ2) is 5.18. The molecule has 1 spiro atoms. The third-order valence-corrected chi connectivity index (χ3v) is 6.24. The van der Waals surface area contributed by atoms with Crippen molar-refractivity contribution in [2.75, 3.05) is 24.6 Å². The summed E-state index contributed by atoms with van der Waals surface area (Å²) in [5.74, 6) is 1.67. The van der Waals surface area contributed by atoms with Crippen LogP contribution in [-0.2, 0) is 4.74 Å². The minimum atomic E-state index is -0.187. The lowest BCUT2D eigenvalue weighted by Gasteiger charge is -2.56. The fourth-order valence-electron chi connectivity index (χ4n) is 3.79. The molecule has 0 unspecified atom stereocenters. The molecule has 1 aliphatic heterocycles. The molecular formula is C15H23N3O2S. The zero-order chi connectivity index (χ0) is 14.4. The fourth-order valence-corrected chi connectivity index (χ4v) is 4.59. The minimum absolute atomic E-state index is 0.00345. The first-order valence-electron chi connectivity index (χ1n) is 8.11. The van der Waals surface area contributed by atoms with Crippen LogP contribution in [0.5, 0.6) is 0 Å². The largest absolute Gasteiger partial charge is 0.392 e. The van der Waals surface area contributed by atoms with E-state index in [-0.39, 0.29) is 17.6 Å². The molecule has 1 aromatic rings. The fraction of sp³-hybridized carbons (Fsp3) is 0.867. The Balaban J connectivity index is 1.41. The molecule has 2 aliphatic carbocycles. The van der Waals surface area contributed by atoms with Crippen LogP contribution in [0.3, 0.4) is 0 Å². The van der Waals surface area contributed by atoms with Gasteiger partial charge in [-0.05, 0) is 32.6 Å². The van der Waals surface area contributed by atoms with Gasteiger partial charge in [0.1, 0.15) is 5.82 Å². The van der Waals surface area contributed by atoms with Gasteiger partial charge in [0.2, 0.25) is 5.13 Å². The molecule has 116 valence electrons. The smallest absolute Gasteiger partial charge is 0.205 e. The lowest BCUT2D eigenvalue weighted by atomic mass is 9.58. The summed E-state index contributed by atoms with van der Waals surface area (Å²) in [6.07, 6.45) is 5.36. The number of ether oxygens (including phenoxy) is 1. The molecule has 1 saturated heterocycles. The van der Waals surface area contributed by atoms with E-state index < -0.39 is 0 Å². The van der Waals surface area contributed by atoms with Crippen molar-refractivity contribution in [3.8, 4) is 0 Å². The number of hydrogen-bond acceptors (Lipinski definition) is 6. The van der Waals surface area contributed by atoms with Gasteiger partial charge in [-0.3, -0.25) is 0 Å². The van der Waals surface area contributed by atoms with Crippen LogP contribution in [0.15, 0.2) is 0 Å². The Morgan fingerprint density at radius 3 is 2.76 bits per heavy atom. The van der Waals surface area contributed by atoms with E-state index in [1.54, 1.807) is 0 Å². The average molecular weight is 309 g/mol. The second-order valence-corrected chi connectivity index (χ2v) is 7.36. The van der Waals surface area contributed by atoms with Gasteiger partial charge in [0.25, 0.3) is 0 Å². The maximum Gasteiger partial charge on any atom is 0.205 e. The van der Waals surface area contributed by atoms with Crippen molar-refractivity contribution >= 4 is 16.7 Å². The Morgan fingerprint density at radius 2 is 2.14 bits per heavy atom. The molecular weight excluding hydrogens is 286 g/mol. The highest BCUT2D eigenvalue weighted by Gasteiger charge is 2.56. The van der Waals surface area contributed by atoms with Crippen molar-refractivity contribution in [2.24, 2.45) is 5.41 Å². The summed E-state index contributed by atoms with van der Waals surface area (Å²) in [4.78, 5) is 7.04. The SMILES string of the molecule is CCO[C@H]1C[C@H](O)C12CCN(c1nc(C3CC3)ns1)CC2. The number of rotatable bonds is 4. The molecule has 0 bridgehead atoms. The highest BCUT2D eigenvalue weighted by Crippen LogP contribution is 2.51. The zero-order valence-corrected chi connectivity index (χ0v) is 13.3. The molecule has 1 N–H and O–H groups in total. The van der Waals surface area contributed by atoms with E-state index in [1.807, 2.05) is 6.92 Å². The molecule has 0 radical (unpaired) electrons. The second-order valence-electron chi connectivity index (χ2n) is 6.63. The molecule has 0 aromatic carbocycles. The van der Waals surface area contributed by atoms with E-state index in [1.165, 1.54) is 24.4 Å². The number of hydrogen-bond donors (Lipinski definition) is 1. The van der Waals surface area contributed by atoms with E-state index in [4.69, 9.17) is 9.72 Å². The molecule has 3 aliphatic rings. The summed E-state index contributed by atoms with van der Waals surface area (Å²) in [7, 11) is 0. The molecule has 5 nitrogen and oxygen atoms in total. The van der Waals surface area contributed by atoms with E-state index in [0.717, 1.165) is 49.9 Å². The minimum Gasteiger partial charge on any atom is -0.392 e. The van der Waals surface area contributed by atoms with Gasteiger partial charge in [0.05, 0.1) is 12.2 Å². The highest BCUT2D eigenvalue weighted by molar-refractivity contribution is 7.09. The maximum atomic E-state index is 10.2. The molecule has 4 rings (SSSR count). The van der Waals surface area contributed by atoms with Gasteiger partial charge < -0.3 is 14.7 Å². The van der Waals surface area contributed by atoms with Crippen molar-refractivity contribution in [3.05, 3.63) is 5.82 Å². The number of nitrogens with zero attached hydrogens (tertiary/aromatic N) is 3. The Labute approximate surface area is 129 Å². The quantitative estimate of drug-likeness (QED) is 0.924. The summed E-state index contributed by atoms with van der Waals surface area (Å²) in [6.45, 7) is 4.69. The van der Waals surface area contributed by atoms with Crippen LogP contribution < -0.4 is 4.90 Å². The Bertz CT molecular complexity index is 507. The van der Waals surface area contributed by atoms with Crippen LogP contribution in [0.2, 0.25) is 0 Å². The van der Waals surface area contributed by atoms with E-state index in [9.17, 15) is 5.11 Å². The summed E-state index contributed by atoms with van der Waals surface area (Å²) in [6, 6.07) is 0. The highest BCUT2D eigenvalue weighted by atomic mass is 32.1. The summed E-state index contributed by atoms with van der Waals surface area (Å²) in [5, 5.41) is 11.3. The third kappa shape index (κ3) is 2.28. The lowest BCUT2D eigenvalue weighted by Crippen LogP contribution is -2.62. The summed E-state index contributed by atoms with van der Waals surface area (Å²) in [5.41, 5.74) is -0.00345. The molecule has 2 heterocycles. The first-order chi connectivity index (χ1) is 10.2. The van der Waals surface area contributed by atoms with Crippen LogP contribution >= 0.6 is 11.5 Å². The number of aliphatic hydroxyl groups is 1. The van der Waals surface area contributed by atoms with Crippen LogP contribution in [0.4, 0.5) is 5.13 Å². The standard InChI is InChI=1S/C15H23N3O2S/c1-2-20-12-9-11(19)15(12)5-7-18(8-6-15)14-16-13(17-21-14)10-3-4-10/h10-12,19H,2-9H2,1H3/t11-,12-/m0/s1. The number of aliphatic hydroxyl groups excluding tert-OH is 1. The van der Waals surface area contributed by atoms with Crippen molar-refractivity contribution in [3.63, 3.8) is 0 Å². The normalized spacial score (nSPS) is 31.4. The van der Waals surface area contributed by atoms with Gasteiger partial charge in [0, 0.05) is 49.0 Å². The van der Waals surface area contributed by atoms with Crippen LogP contribution in [0.1, 0.15) is 50.8 Å². The number of aromatic nitrogens is 2. The average Bonchev–Trinajstić information content (AvgIpc) is 3.25. The van der Waals surface area contributed by atoms with Crippen LogP contribution in [0.25, 0.3) is 0 Å². The van der Waals surface area contributed by atoms with Crippen molar-refractivity contribution < 1.29 is 9.84 Å². The third-order valence-electron chi connectivity index (χ3n) is 5.45. The Hall–Kier alpha value is -0.720. The first-order valence-corrected chi connectivity index (χ1v) is 8.88. The van der Waals surface area contributed by atoms with Gasteiger partial charge in [-0.2, -0.15) is 4.37 Å². The topological polar surface area (TPSA) is 58.5 Å². The van der Waals surface area contributed by atoms with Crippen molar-refractivity contribution in [2.45, 2.75) is 57.2 Å². The molecule has 2 atom stereocenters. The lowest BCUT2D eigenvalue weighted by molar-refractivity contribution is -0.199. The Kier molecular flexibility index (Phi) is 3.43. The summed E-state index contributed by atoms with van der Waals surface area (Å²) < 4.78 is 10.3. The molecule has 3 fully saturated rings. The zero-order valence-electron chi connectivity index (χ0n) is 12.5. The molecule has 6 heteroatoms. The van der Waals surface area contributed by atoms with E-state index in [2.05, 4.69) is 9.27 Å². The van der Waals surface area contributed by atoms with Gasteiger partial charge in [0.15, 0.2) is 0 Å². The van der Waals surface area contributed by atoms with E-state index >= 15 is 0 Å². The van der Waals surface area contributed by atoms with Gasteiger partial charge in [-0.15, -0.1) is 0 Å². The Morgan fingerprint density at radius 1 is 1.38 bits per heavy atom. The van der Waals surface area contributed by atoms with E-state index in [0.29, 0.717) is 5.92 Å². The number of piperidine rings is 1. The van der Waals surface area contributed by atoms with Gasteiger partial charge in [-0.1, -0.05) is 0 Å². The molecule has 1 aromatic heterocycles. The molecule has 21 heavy (non-hydrogen) atoms. The number of anilines is 1. The summed E-state index contributed by atoms with van der Waals surface area (Å²) >= 11 is 1.53. The maximum absolute atomic E-state index is 10.2. The first kappa shape index (κ1) is 13.9. The van der Waals surface area contributed by atoms with Crippen molar-refractivity contribution in [1.29, 1.82) is 0 Å². The van der Waals surface area contributed by atoms with Gasteiger partial charge in [-0.25, -0.2) is 4.98 Å². The van der Waals surface area contributed by atoms with Gasteiger partial charge >= 0.3 is 0 Å². The predicted molar refractivity (Wildman–Crippen MR) is 81.8 cm³/mol. The molecule has 0 amide bonds. The van der Waals surface area contributed by atoms with Crippen LogP contribution in [0, 0.1) is 5.41 Å². The van der Waals surface area contributed by atoms with Crippen molar-refractivity contribution in [1.82, 2.24) is 9.36 Å². The molecule has 2 saturated carbocycles. The predicted octanol–water partition coefficient (Wildman–Crippen LogP) is 2.17. The van der Waals surface area contributed by atoms with Crippen LogP contribution in [-0.4, -0.2) is 46.4 Å². The monoisotopic (exact) mass is 309 g/mol.